The number of carbonyl (C=O) groups excluding carboxylic acids is 4. The number of halogens is 3. The van der Waals surface area contributed by atoms with Crippen molar-refractivity contribution in [2.24, 2.45) is 5.92 Å². The minimum absolute atomic E-state index is 0.118. The summed E-state index contributed by atoms with van der Waals surface area (Å²) in [6.45, 7) is 6.36. The van der Waals surface area contributed by atoms with Gasteiger partial charge in [-0.25, -0.2) is 27.0 Å². The van der Waals surface area contributed by atoms with Gasteiger partial charge in [-0.3, -0.25) is 19.1 Å². The number of aromatic nitrogens is 1. The summed E-state index contributed by atoms with van der Waals surface area (Å²) in [5, 5.41) is 6.08. The van der Waals surface area contributed by atoms with Gasteiger partial charge in [-0.1, -0.05) is 36.6 Å². The lowest BCUT2D eigenvalue weighted by Gasteiger charge is -2.37. The predicted molar refractivity (Wildman–Crippen MR) is 209 cm³/mol. The van der Waals surface area contributed by atoms with Crippen molar-refractivity contribution in [3.05, 3.63) is 40.6 Å². The van der Waals surface area contributed by atoms with E-state index in [2.05, 4.69) is 20.3 Å². The van der Waals surface area contributed by atoms with Crippen LogP contribution in [0.3, 0.4) is 0 Å². The van der Waals surface area contributed by atoms with E-state index in [1.807, 2.05) is 6.08 Å². The maximum atomic E-state index is 14.8. The summed E-state index contributed by atoms with van der Waals surface area (Å²) in [6.07, 6.45) is 3.65. The highest BCUT2D eigenvalue weighted by atomic mass is 35.5. The van der Waals surface area contributed by atoms with Gasteiger partial charge in [0.15, 0.2) is 5.75 Å². The molecule has 3 aliphatic heterocycles. The molecule has 1 spiro atoms. The third-order valence-electron chi connectivity index (χ3n) is 12.0. The van der Waals surface area contributed by atoms with Gasteiger partial charge in [0, 0.05) is 23.3 Å². The maximum Gasteiger partial charge on any atom is 0.408 e. The standard InChI is InChI=1S/C40H50ClF2N5O9S/c1-37(2,3)57-36(52)45-25-12-10-8-6-7-9-11-22-19-40(22,35(51)47-58(53,54)38(4)17-18-38)46-33(49)26-20-39(21-48(26)34(25)50)16-15-23-28-24(13-14-27(55-5)29(28)41)44-30(32(42)43)31(23)56-39/h9,11,13-14,22,25-26,32H,6-8,10,12,15-21H2,1-5H3,(H,45,52)(H,46,49)(H,47,51)/b11-9-/t22-,25-,26-,39+,40+/m0/s1. The largest absolute Gasteiger partial charge is 0.495 e. The van der Waals surface area contributed by atoms with Crippen molar-refractivity contribution in [1.29, 1.82) is 0 Å². The number of aryl methyl sites for hydroxylation is 1. The topological polar surface area (TPSA) is 182 Å². The average molecular weight is 850 g/mol. The fraction of sp³-hybridized carbons (Fsp3) is 0.625. The molecule has 3 N–H and O–H groups in total. The molecule has 5 aliphatic rings. The van der Waals surface area contributed by atoms with Gasteiger partial charge in [-0.15, -0.1) is 0 Å². The van der Waals surface area contributed by atoms with Crippen molar-refractivity contribution in [2.45, 2.75) is 138 Å². The van der Waals surface area contributed by atoms with Crippen molar-refractivity contribution in [2.75, 3.05) is 13.7 Å². The van der Waals surface area contributed by atoms with Crippen LogP contribution in [0.15, 0.2) is 24.3 Å². The van der Waals surface area contributed by atoms with E-state index in [0.717, 1.165) is 6.42 Å². The number of allylic oxidation sites excluding steroid dienone is 1. The average Bonchev–Trinajstić information content (AvgIpc) is 4.03. The fourth-order valence-electron chi connectivity index (χ4n) is 8.34. The second-order valence-corrected chi connectivity index (χ2v) is 20.0. The number of hydrogen-bond donors (Lipinski definition) is 3. The molecule has 316 valence electrons. The summed E-state index contributed by atoms with van der Waals surface area (Å²) >= 11 is 6.72. The van der Waals surface area contributed by atoms with E-state index < -0.39 is 85.4 Å². The molecule has 3 fully saturated rings. The number of pyridine rings is 1. The molecule has 2 aromatic rings. The first kappa shape index (κ1) is 41.9. The Morgan fingerprint density at radius 1 is 1.12 bits per heavy atom. The number of ether oxygens (including phenoxy) is 3. The molecule has 2 aliphatic carbocycles. The van der Waals surface area contributed by atoms with Gasteiger partial charge < -0.3 is 29.7 Å². The molecular weight excluding hydrogens is 800 g/mol. The molecule has 0 bridgehead atoms. The smallest absolute Gasteiger partial charge is 0.408 e. The summed E-state index contributed by atoms with van der Waals surface area (Å²) in [5.41, 5.74) is -3.92. The number of alkyl halides is 2. The number of nitrogens with zero attached hydrogens (tertiary/aromatic N) is 2. The van der Waals surface area contributed by atoms with E-state index in [-0.39, 0.29) is 54.9 Å². The highest BCUT2D eigenvalue weighted by molar-refractivity contribution is 7.91. The summed E-state index contributed by atoms with van der Waals surface area (Å²) in [4.78, 5) is 62.0. The van der Waals surface area contributed by atoms with Gasteiger partial charge in [-0.05, 0) is 91.2 Å². The summed E-state index contributed by atoms with van der Waals surface area (Å²) in [6, 6.07) is 0.613. The van der Waals surface area contributed by atoms with Crippen LogP contribution in [0.2, 0.25) is 5.02 Å². The van der Waals surface area contributed by atoms with Crippen LogP contribution in [0.4, 0.5) is 13.6 Å². The summed E-state index contributed by atoms with van der Waals surface area (Å²) in [7, 11) is -2.64. The number of rotatable bonds is 6. The van der Waals surface area contributed by atoms with Crippen molar-refractivity contribution in [3.63, 3.8) is 0 Å². The zero-order valence-corrected chi connectivity index (χ0v) is 34.8. The van der Waals surface area contributed by atoms with Crippen molar-refractivity contribution in [1.82, 2.24) is 25.2 Å². The van der Waals surface area contributed by atoms with Crippen molar-refractivity contribution < 1.29 is 50.6 Å². The number of sulfonamides is 1. The lowest BCUT2D eigenvalue weighted by atomic mass is 9.87. The number of nitrogens with one attached hydrogen (secondary N) is 3. The molecule has 5 atom stereocenters. The first-order valence-corrected chi connectivity index (χ1v) is 21.6. The van der Waals surface area contributed by atoms with E-state index in [4.69, 9.17) is 25.8 Å². The second-order valence-electron chi connectivity index (χ2n) is 17.5. The number of alkyl carbamates (subject to hydrolysis) is 1. The van der Waals surface area contributed by atoms with Crippen LogP contribution in [-0.4, -0.2) is 89.3 Å². The van der Waals surface area contributed by atoms with E-state index in [1.54, 1.807) is 33.8 Å². The van der Waals surface area contributed by atoms with E-state index in [9.17, 15) is 36.4 Å². The monoisotopic (exact) mass is 849 g/mol. The third-order valence-corrected chi connectivity index (χ3v) is 14.5. The van der Waals surface area contributed by atoms with Gasteiger partial charge >= 0.3 is 6.09 Å². The van der Waals surface area contributed by atoms with Crippen LogP contribution in [0.25, 0.3) is 10.9 Å². The van der Waals surface area contributed by atoms with Gasteiger partial charge in [-0.2, -0.15) is 0 Å². The minimum atomic E-state index is -4.07. The Morgan fingerprint density at radius 2 is 1.86 bits per heavy atom. The normalized spacial score (nSPS) is 28.8. The first-order valence-electron chi connectivity index (χ1n) is 19.7. The molecule has 1 aromatic heterocycles. The molecule has 1 aromatic carbocycles. The molecule has 14 nitrogen and oxygen atoms in total. The Balaban J connectivity index is 1.27. The molecule has 2 saturated carbocycles. The zero-order valence-electron chi connectivity index (χ0n) is 33.2. The quantitative estimate of drug-likeness (QED) is 0.301. The second kappa shape index (κ2) is 15.1. The molecule has 7 rings (SSSR count). The number of hydrogen-bond acceptors (Lipinski definition) is 10. The predicted octanol–water partition coefficient (Wildman–Crippen LogP) is 5.79. The Morgan fingerprint density at radius 3 is 2.53 bits per heavy atom. The van der Waals surface area contributed by atoms with E-state index in [1.165, 1.54) is 24.1 Å². The van der Waals surface area contributed by atoms with E-state index in [0.29, 0.717) is 48.8 Å². The lowest BCUT2D eigenvalue weighted by molar-refractivity contribution is -0.141. The number of fused-ring (bicyclic) bond motifs is 5. The Bertz CT molecular complexity index is 2180. The van der Waals surface area contributed by atoms with Gasteiger partial charge in [0.25, 0.3) is 12.3 Å². The highest BCUT2D eigenvalue weighted by Gasteiger charge is 2.64. The Hall–Kier alpha value is -4.25. The summed E-state index contributed by atoms with van der Waals surface area (Å²) < 4.78 is 74.5. The summed E-state index contributed by atoms with van der Waals surface area (Å²) in [5.74, 6) is -2.69. The third kappa shape index (κ3) is 7.92. The number of carbonyl (C=O) groups is 4. The molecule has 0 unspecified atom stereocenters. The molecular formula is C40H50ClF2N5O9S. The van der Waals surface area contributed by atoms with E-state index >= 15 is 0 Å². The Kier molecular flexibility index (Phi) is 10.9. The molecule has 4 amide bonds. The number of benzene rings is 1. The molecule has 18 heteroatoms. The van der Waals surface area contributed by atoms with Crippen molar-refractivity contribution in [3.8, 4) is 11.5 Å². The van der Waals surface area contributed by atoms with Crippen LogP contribution in [0.5, 0.6) is 11.5 Å². The van der Waals surface area contributed by atoms with Crippen LogP contribution in [0.1, 0.15) is 110 Å². The number of methoxy groups -OCH3 is 1. The van der Waals surface area contributed by atoms with Crippen LogP contribution in [0, 0.1) is 5.92 Å². The minimum Gasteiger partial charge on any atom is -0.495 e. The lowest BCUT2D eigenvalue weighted by Crippen LogP contribution is -2.58. The van der Waals surface area contributed by atoms with Crippen LogP contribution in [-0.2, 0) is 35.6 Å². The molecule has 0 radical (unpaired) electrons. The fourth-order valence-corrected chi connectivity index (χ4v) is 10.0. The maximum absolute atomic E-state index is 14.8. The van der Waals surface area contributed by atoms with Gasteiger partial charge in [0.05, 0.1) is 28.9 Å². The van der Waals surface area contributed by atoms with Crippen LogP contribution < -0.4 is 24.8 Å². The van der Waals surface area contributed by atoms with Crippen LogP contribution >= 0.6 is 11.6 Å². The Labute approximate surface area is 341 Å². The number of amides is 4. The molecule has 58 heavy (non-hydrogen) atoms. The molecule has 1 saturated heterocycles. The van der Waals surface area contributed by atoms with Crippen molar-refractivity contribution >= 4 is 56.3 Å². The first-order chi connectivity index (χ1) is 27.2. The molecule has 4 heterocycles. The zero-order chi connectivity index (χ0) is 42.0. The SMILES string of the molecule is COc1ccc2nc(C(F)F)c3c(c2c1Cl)CC[C@]1(C[C@H]2C(=O)N[C@]4(C(=O)NS(=O)(=O)C5(C)CC5)C[C@@H]4/C=C\CCCCC[C@H](NC(=O)OC(C)(C)C)C(=O)N2C1)O3. The van der Waals surface area contributed by atoms with Gasteiger partial charge in [0.2, 0.25) is 21.8 Å². The van der Waals surface area contributed by atoms with Gasteiger partial charge in [0.1, 0.15) is 40.3 Å². The highest BCUT2D eigenvalue weighted by Crippen LogP contribution is 2.51.